The van der Waals surface area contributed by atoms with E-state index < -0.39 is 34.2 Å². The first-order valence-corrected chi connectivity index (χ1v) is 11.7. The number of rotatable bonds is 10. The molecule has 2 amide bonds. The molecule has 2 N–H and O–H groups in total. The zero-order valence-corrected chi connectivity index (χ0v) is 18.9. The molecular formula is C22H21ClFN3O5S. The Morgan fingerprint density at radius 3 is 2.36 bits per heavy atom. The lowest BCUT2D eigenvalue weighted by Gasteiger charge is -2.22. The monoisotopic (exact) mass is 493 g/mol. The topological polar surface area (TPSA) is 109 Å². The van der Waals surface area contributed by atoms with E-state index in [9.17, 15) is 22.4 Å². The van der Waals surface area contributed by atoms with Crippen molar-refractivity contribution in [3.05, 3.63) is 89.1 Å². The van der Waals surface area contributed by atoms with Crippen LogP contribution < -0.4 is 10.0 Å². The van der Waals surface area contributed by atoms with Gasteiger partial charge in [-0.15, -0.1) is 0 Å². The fraction of sp³-hybridized carbons (Fsp3) is 0.182. The molecule has 3 aromatic rings. The fourth-order valence-electron chi connectivity index (χ4n) is 2.84. The summed E-state index contributed by atoms with van der Waals surface area (Å²) in [5.41, 5.74) is 0.702. The van der Waals surface area contributed by atoms with E-state index in [0.717, 1.165) is 24.3 Å². The van der Waals surface area contributed by atoms with Crippen LogP contribution in [-0.2, 0) is 32.7 Å². The number of carbonyl (C=O) groups is 2. The molecule has 0 saturated carbocycles. The van der Waals surface area contributed by atoms with Crippen molar-refractivity contribution in [3.63, 3.8) is 0 Å². The first-order valence-electron chi connectivity index (χ1n) is 9.79. The molecule has 0 saturated heterocycles. The van der Waals surface area contributed by atoms with E-state index >= 15 is 0 Å². The molecule has 11 heteroatoms. The van der Waals surface area contributed by atoms with Crippen LogP contribution in [0.4, 0.5) is 4.39 Å². The molecule has 0 aliphatic heterocycles. The predicted octanol–water partition coefficient (Wildman–Crippen LogP) is 2.70. The number of hydrogen-bond donors (Lipinski definition) is 2. The summed E-state index contributed by atoms with van der Waals surface area (Å²) in [6.45, 7) is -0.687. The van der Waals surface area contributed by atoms with Gasteiger partial charge in [0.25, 0.3) is 0 Å². The number of amides is 2. The highest BCUT2D eigenvalue weighted by molar-refractivity contribution is 7.89. The Bertz CT molecular complexity index is 1180. The molecule has 0 aliphatic rings. The van der Waals surface area contributed by atoms with E-state index in [2.05, 4.69) is 10.0 Å². The van der Waals surface area contributed by atoms with Crippen molar-refractivity contribution < 1.29 is 26.8 Å². The van der Waals surface area contributed by atoms with Crippen molar-refractivity contribution in [2.45, 2.75) is 18.0 Å². The summed E-state index contributed by atoms with van der Waals surface area (Å²) >= 11 is 5.90. The predicted molar refractivity (Wildman–Crippen MR) is 119 cm³/mol. The lowest BCUT2D eigenvalue weighted by molar-refractivity contribution is -0.135. The van der Waals surface area contributed by atoms with Crippen LogP contribution in [0.2, 0.25) is 5.02 Å². The molecule has 0 spiro atoms. The fourth-order valence-corrected chi connectivity index (χ4v) is 3.94. The van der Waals surface area contributed by atoms with Crippen LogP contribution in [0, 0.1) is 5.82 Å². The summed E-state index contributed by atoms with van der Waals surface area (Å²) in [6, 6.07) is 14.3. The van der Waals surface area contributed by atoms with Crippen molar-refractivity contribution in [1.29, 1.82) is 0 Å². The standard InChI is InChI=1S/C22H21ClFN3O5S/c23-17-5-3-16(4-6-17)14-27(15-21(28)25-12-19-2-1-11-32-19)22(29)13-26-33(30,31)20-9-7-18(24)8-10-20/h1-11,26H,12-15H2,(H,25,28). The molecule has 0 radical (unpaired) electrons. The summed E-state index contributed by atoms with van der Waals surface area (Å²) in [4.78, 5) is 26.3. The minimum Gasteiger partial charge on any atom is -0.467 e. The second-order valence-electron chi connectivity index (χ2n) is 7.01. The number of nitrogens with zero attached hydrogens (tertiary/aromatic N) is 1. The van der Waals surface area contributed by atoms with Gasteiger partial charge in [-0.1, -0.05) is 23.7 Å². The first-order chi connectivity index (χ1) is 15.7. The molecule has 0 unspecified atom stereocenters. The lowest BCUT2D eigenvalue weighted by atomic mass is 10.2. The molecule has 8 nitrogen and oxygen atoms in total. The van der Waals surface area contributed by atoms with Gasteiger partial charge in [-0.2, -0.15) is 0 Å². The van der Waals surface area contributed by atoms with Gasteiger partial charge in [0.15, 0.2) is 0 Å². The summed E-state index contributed by atoms with van der Waals surface area (Å²) in [6.07, 6.45) is 1.48. The molecule has 174 valence electrons. The molecular weight excluding hydrogens is 473 g/mol. The van der Waals surface area contributed by atoms with Gasteiger partial charge in [-0.05, 0) is 54.1 Å². The van der Waals surface area contributed by atoms with E-state index in [0.29, 0.717) is 16.3 Å². The number of nitrogens with one attached hydrogen (secondary N) is 2. The zero-order chi connectivity index (χ0) is 23.8. The zero-order valence-electron chi connectivity index (χ0n) is 17.3. The van der Waals surface area contributed by atoms with Gasteiger partial charge in [-0.25, -0.2) is 17.5 Å². The highest BCUT2D eigenvalue weighted by Crippen LogP contribution is 2.13. The molecule has 3 rings (SSSR count). The van der Waals surface area contributed by atoms with Gasteiger partial charge in [-0.3, -0.25) is 9.59 Å². The van der Waals surface area contributed by atoms with E-state index in [1.54, 1.807) is 36.4 Å². The van der Waals surface area contributed by atoms with Crippen molar-refractivity contribution >= 4 is 33.4 Å². The molecule has 33 heavy (non-hydrogen) atoms. The van der Waals surface area contributed by atoms with Crippen molar-refractivity contribution in [1.82, 2.24) is 14.9 Å². The summed E-state index contributed by atoms with van der Waals surface area (Å²) in [5, 5.41) is 3.16. The number of sulfonamides is 1. The van der Waals surface area contributed by atoms with Crippen LogP contribution in [-0.4, -0.2) is 38.2 Å². The Morgan fingerprint density at radius 2 is 1.73 bits per heavy atom. The maximum atomic E-state index is 13.1. The van der Waals surface area contributed by atoms with Gasteiger partial charge >= 0.3 is 0 Å². The van der Waals surface area contributed by atoms with E-state index in [4.69, 9.17) is 16.0 Å². The summed E-state index contributed by atoms with van der Waals surface area (Å²) in [7, 11) is -4.05. The maximum absolute atomic E-state index is 13.1. The quantitative estimate of drug-likeness (QED) is 0.451. The van der Waals surface area contributed by atoms with Crippen LogP contribution in [0.1, 0.15) is 11.3 Å². The Kier molecular flexibility index (Phi) is 8.21. The van der Waals surface area contributed by atoms with Crippen LogP contribution in [0.3, 0.4) is 0 Å². The van der Waals surface area contributed by atoms with Gasteiger partial charge < -0.3 is 14.6 Å². The average molecular weight is 494 g/mol. The largest absolute Gasteiger partial charge is 0.467 e. The van der Waals surface area contributed by atoms with Crippen LogP contribution in [0.15, 0.2) is 76.2 Å². The Labute approximate surface area is 195 Å². The highest BCUT2D eigenvalue weighted by Gasteiger charge is 2.21. The number of hydrogen-bond acceptors (Lipinski definition) is 5. The third-order valence-corrected chi connectivity index (χ3v) is 6.22. The van der Waals surface area contributed by atoms with Gasteiger partial charge in [0.05, 0.1) is 30.8 Å². The molecule has 1 heterocycles. The normalized spacial score (nSPS) is 11.2. The Balaban J connectivity index is 1.67. The molecule has 1 aromatic heterocycles. The van der Waals surface area contributed by atoms with Crippen molar-refractivity contribution in [3.8, 4) is 0 Å². The third-order valence-electron chi connectivity index (χ3n) is 4.55. The van der Waals surface area contributed by atoms with Crippen molar-refractivity contribution in [2.24, 2.45) is 0 Å². The number of carbonyl (C=O) groups excluding carboxylic acids is 2. The molecule has 0 bridgehead atoms. The minimum atomic E-state index is -4.05. The number of benzene rings is 2. The highest BCUT2D eigenvalue weighted by atomic mass is 35.5. The van der Waals surface area contributed by atoms with E-state index in [1.807, 2.05) is 0 Å². The second kappa shape index (κ2) is 11.1. The third kappa shape index (κ3) is 7.41. The number of halogens is 2. The summed E-state index contributed by atoms with van der Waals surface area (Å²) < 4.78 is 45.2. The Hall–Kier alpha value is -3.21. The van der Waals surface area contributed by atoms with Gasteiger partial charge in [0, 0.05) is 11.6 Å². The minimum absolute atomic E-state index is 0.0580. The van der Waals surface area contributed by atoms with Gasteiger partial charge in [0.1, 0.15) is 11.6 Å². The molecule has 2 aromatic carbocycles. The smallest absolute Gasteiger partial charge is 0.241 e. The van der Waals surface area contributed by atoms with E-state index in [1.165, 1.54) is 11.2 Å². The van der Waals surface area contributed by atoms with Crippen LogP contribution >= 0.6 is 11.6 Å². The van der Waals surface area contributed by atoms with E-state index in [-0.39, 0.29) is 24.5 Å². The van der Waals surface area contributed by atoms with Crippen LogP contribution in [0.25, 0.3) is 0 Å². The van der Waals surface area contributed by atoms with Gasteiger partial charge in [0.2, 0.25) is 21.8 Å². The van der Waals surface area contributed by atoms with Crippen molar-refractivity contribution in [2.75, 3.05) is 13.1 Å². The molecule has 0 fully saturated rings. The molecule has 0 aliphatic carbocycles. The first kappa shape index (κ1) is 24.4. The SMILES string of the molecule is O=C(CN(Cc1ccc(Cl)cc1)C(=O)CNS(=O)(=O)c1ccc(F)cc1)NCc1ccco1. The number of furan rings is 1. The Morgan fingerprint density at radius 1 is 1.03 bits per heavy atom. The second-order valence-corrected chi connectivity index (χ2v) is 9.21. The summed E-state index contributed by atoms with van der Waals surface area (Å²) in [5.74, 6) is -1.11. The average Bonchev–Trinajstić information content (AvgIpc) is 3.31. The lowest BCUT2D eigenvalue weighted by Crippen LogP contribution is -2.44. The maximum Gasteiger partial charge on any atom is 0.241 e. The molecule has 0 atom stereocenters. The van der Waals surface area contributed by atoms with Crippen LogP contribution in [0.5, 0.6) is 0 Å².